The molecular weight excluding hydrogens is 458 g/mol. The zero-order valence-corrected chi connectivity index (χ0v) is 19.8. The zero-order chi connectivity index (χ0) is 25.3. The van der Waals surface area contributed by atoms with Crippen molar-refractivity contribution in [2.75, 3.05) is 13.7 Å². The Morgan fingerprint density at radius 3 is 2.33 bits per heavy atom. The Morgan fingerprint density at radius 2 is 1.67 bits per heavy atom. The third-order valence-corrected chi connectivity index (χ3v) is 5.68. The van der Waals surface area contributed by atoms with E-state index in [1.165, 1.54) is 7.11 Å². The normalized spacial score (nSPS) is 11.5. The Labute approximate surface area is 209 Å². The number of rotatable bonds is 10. The van der Waals surface area contributed by atoms with Crippen molar-refractivity contribution in [2.45, 2.75) is 18.9 Å². The summed E-state index contributed by atoms with van der Waals surface area (Å²) in [5.41, 5.74) is 3.10. The zero-order valence-electron chi connectivity index (χ0n) is 19.8. The predicted octanol–water partition coefficient (Wildman–Crippen LogP) is 5.54. The molecule has 0 aliphatic carbocycles. The van der Waals surface area contributed by atoms with Crippen molar-refractivity contribution in [3.05, 3.63) is 96.5 Å². The molecule has 184 valence electrons. The smallest absolute Gasteiger partial charge is 0.404 e. The number of aromatic nitrogens is 1. The van der Waals surface area contributed by atoms with Crippen LogP contribution in [0.4, 0.5) is 4.79 Å². The molecule has 36 heavy (non-hydrogen) atoms. The number of ether oxygens (including phenoxy) is 1. The van der Waals surface area contributed by atoms with Gasteiger partial charge in [0, 0.05) is 12.1 Å². The van der Waals surface area contributed by atoms with E-state index in [-0.39, 0.29) is 12.5 Å². The van der Waals surface area contributed by atoms with Crippen LogP contribution in [0, 0.1) is 0 Å². The van der Waals surface area contributed by atoms with Gasteiger partial charge < -0.3 is 24.9 Å². The van der Waals surface area contributed by atoms with E-state index in [9.17, 15) is 9.59 Å². The van der Waals surface area contributed by atoms with Gasteiger partial charge in [-0.1, -0.05) is 66.7 Å². The lowest BCUT2D eigenvalue weighted by Gasteiger charge is -2.17. The van der Waals surface area contributed by atoms with Crippen LogP contribution in [0.25, 0.3) is 22.5 Å². The van der Waals surface area contributed by atoms with Crippen molar-refractivity contribution >= 4 is 12.0 Å². The summed E-state index contributed by atoms with van der Waals surface area (Å²) in [6, 6.07) is 24.2. The molecule has 3 aromatic carbocycles. The highest BCUT2D eigenvalue weighted by atomic mass is 16.5. The molecule has 1 heterocycles. The molecule has 1 atom stereocenters. The molecule has 0 saturated carbocycles. The largest absolute Gasteiger partial charge is 0.496 e. The van der Waals surface area contributed by atoms with Crippen molar-refractivity contribution in [3.8, 4) is 28.2 Å². The van der Waals surface area contributed by atoms with Gasteiger partial charge in [-0.25, -0.2) is 9.78 Å². The highest BCUT2D eigenvalue weighted by Crippen LogP contribution is 2.29. The van der Waals surface area contributed by atoms with Crippen molar-refractivity contribution in [3.63, 3.8) is 0 Å². The van der Waals surface area contributed by atoms with Crippen LogP contribution in [-0.2, 0) is 0 Å². The Morgan fingerprint density at radius 1 is 0.972 bits per heavy atom. The maximum atomic E-state index is 13.4. The Hall–Kier alpha value is -4.59. The third kappa shape index (κ3) is 6.09. The van der Waals surface area contributed by atoms with E-state index in [0.29, 0.717) is 35.8 Å². The van der Waals surface area contributed by atoms with Crippen LogP contribution in [0.15, 0.2) is 89.5 Å². The number of nitrogens with one attached hydrogen (secondary N) is 2. The number of carboxylic acid groups (broad SMARTS) is 1. The van der Waals surface area contributed by atoms with E-state index in [2.05, 4.69) is 15.6 Å². The SMILES string of the molecule is COc1ccc(-c2ccccc2)cc1C(=O)NC(CCCNC(=O)O)c1ncc(-c2ccccc2)o1. The van der Waals surface area contributed by atoms with Gasteiger partial charge >= 0.3 is 6.09 Å². The van der Waals surface area contributed by atoms with Gasteiger partial charge in [0.05, 0.1) is 18.9 Å². The number of oxazole rings is 1. The van der Waals surface area contributed by atoms with Crippen molar-refractivity contribution in [1.82, 2.24) is 15.6 Å². The Balaban J connectivity index is 1.59. The number of hydrogen-bond acceptors (Lipinski definition) is 5. The van der Waals surface area contributed by atoms with Gasteiger partial charge in [-0.3, -0.25) is 4.79 Å². The molecule has 0 fully saturated rings. The fraction of sp³-hybridized carbons (Fsp3) is 0.179. The van der Waals surface area contributed by atoms with E-state index in [4.69, 9.17) is 14.3 Å². The van der Waals surface area contributed by atoms with Crippen LogP contribution >= 0.6 is 0 Å². The van der Waals surface area contributed by atoms with E-state index in [1.807, 2.05) is 66.7 Å². The number of carbonyl (C=O) groups excluding carboxylic acids is 1. The van der Waals surface area contributed by atoms with Gasteiger partial charge in [-0.15, -0.1) is 0 Å². The number of hydrogen-bond donors (Lipinski definition) is 3. The van der Waals surface area contributed by atoms with E-state index in [0.717, 1.165) is 16.7 Å². The Bertz CT molecular complexity index is 1310. The van der Waals surface area contributed by atoms with Crippen LogP contribution in [0.3, 0.4) is 0 Å². The lowest BCUT2D eigenvalue weighted by molar-refractivity contribution is 0.0924. The van der Waals surface area contributed by atoms with Crippen LogP contribution in [0.5, 0.6) is 5.75 Å². The summed E-state index contributed by atoms with van der Waals surface area (Å²) in [7, 11) is 1.52. The van der Waals surface area contributed by atoms with E-state index >= 15 is 0 Å². The van der Waals surface area contributed by atoms with Gasteiger partial charge in [0.15, 0.2) is 5.76 Å². The second kappa shape index (κ2) is 11.7. The molecule has 1 aromatic heterocycles. The fourth-order valence-electron chi connectivity index (χ4n) is 3.88. The summed E-state index contributed by atoms with van der Waals surface area (Å²) in [5.74, 6) is 1.02. The Kier molecular flexibility index (Phi) is 7.97. The molecule has 4 aromatic rings. The predicted molar refractivity (Wildman–Crippen MR) is 136 cm³/mol. The van der Waals surface area contributed by atoms with Gasteiger partial charge in [0.25, 0.3) is 5.91 Å². The lowest BCUT2D eigenvalue weighted by atomic mass is 10.0. The first kappa shape index (κ1) is 24.5. The molecule has 0 aliphatic heterocycles. The summed E-state index contributed by atoms with van der Waals surface area (Å²) in [6.45, 7) is 0.237. The standard InChI is InChI=1S/C28H27N3O5/c1-35-24-15-14-21(19-9-4-2-5-10-19)17-22(24)26(32)31-23(13-8-16-29-28(33)34)27-30-18-25(36-27)20-11-6-3-7-12-20/h2-7,9-12,14-15,17-18,23,29H,8,13,16H2,1H3,(H,31,32)(H,33,34). The first-order chi connectivity index (χ1) is 17.5. The lowest BCUT2D eigenvalue weighted by Crippen LogP contribution is -2.30. The van der Waals surface area contributed by atoms with Gasteiger partial charge in [-0.05, 0) is 36.1 Å². The molecule has 4 rings (SSSR count). The maximum absolute atomic E-state index is 13.4. The highest BCUT2D eigenvalue weighted by molar-refractivity contribution is 5.98. The average Bonchev–Trinajstić information content (AvgIpc) is 3.41. The molecule has 0 saturated heterocycles. The molecule has 0 aliphatic rings. The molecule has 2 amide bonds. The summed E-state index contributed by atoms with van der Waals surface area (Å²) in [4.78, 5) is 28.7. The maximum Gasteiger partial charge on any atom is 0.404 e. The molecule has 1 unspecified atom stereocenters. The minimum absolute atomic E-state index is 0.237. The summed E-state index contributed by atoms with van der Waals surface area (Å²) >= 11 is 0. The number of benzene rings is 3. The van der Waals surface area contributed by atoms with Crippen LogP contribution in [0.1, 0.15) is 35.1 Å². The summed E-state index contributed by atoms with van der Waals surface area (Å²) < 4.78 is 11.5. The average molecular weight is 486 g/mol. The topological polar surface area (TPSA) is 114 Å². The number of amides is 2. The molecule has 0 radical (unpaired) electrons. The number of carbonyl (C=O) groups is 2. The molecule has 8 heteroatoms. The third-order valence-electron chi connectivity index (χ3n) is 5.68. The quantitative estimate of drug-likeness (QED) is 0.254. The van der Waals surface area contributed by atoms with Crippen LogP contribution in [-0.4, -0.2) is 35.7 Å². The summed E-state index contributed by atoms with van der Waals surface area (Å²) in [6.07, 6.45) is 1.42. The monoisotopic (exact) mass is 485 g/mol. The van der Waals surface area contributed by atoms with E-state index < -0.39 is 12.1 Å². The molecular formula is C28H27N3O5. The molecule has 0 spiro atoms. The van der Waals surface area contributed by atoms with Gasteiger partial charge in [-0.2, -0.15) is 0 Å². The number of nitrogens with zero attached hydrogens (tertiary/aromatic N) is 1. The molecule has 0 bridgehead atoms. The van der Waals surface area contributed by atoms with Gasteiger partial charge in [0.1, 0.15) is 11.8 Å². The highest BCUT2D eigenvalue weighted by Gasteiger charge is 2.23. The van der Waals surface area contributed by atoms with Gasteiger partial charge in [0.2, 0.25) is 5.89 Å². The summed E-state index contributed by atoms with van der Waals surface area (Å²) in [5, 5.41) is 14.2. The van der Waals surface area contributed by atoms with E-state index in [1.54, 1.807) is 18.3 Å². The first-order valence-corrected chi connectivity index (χ1v) is 11.6. The second-order valence-corrected chi connectivity index (χ2v) is 8.11. The molecule has 8 nitrogen and oxygen atoms in total. The first-order valence-electron chi connectivity index (χ1n) is 11.6. The molecule has 3 N–H and O–H groups in total. The van der Waals surface area contributed by atoms with Crippen molar-refractivity contribution < 1.29 is 23.8 Å². The number of methoxy groups -OCH3 is 1. The van der Waals surface area contributed by atoms with Crippen molar-refractivity contribution in [2.24, 2.45) is 0 Å². The second-order valence-electron chi connectivity index (χ2n) is 8.11. The minimum atomic E-state index is -1.10. The van der Waals surface area contributed by atoms with Crippen LogP contribution in [0.2, 0.25) is 0 Å². The minimum Gasteiger partial charge on any atom is -0.496 e. The van der Waals surface area contributed by atoms with Crippen molar-refractivity contribution in [1.29, 1.82) is 0 Å². The fourth-order valence-corrected chi connectivity index (χ4v) is 3.88. The van der Waals surface area contributed by atoms with Crippen LogP contribution < -0.4 is 15.4 Å².